The number of hydrogen-bond donors (Lipinski definition) is 0. The van der Waals surface area contributed by atoms with Gasteiger partial charge in [-0.25, -0.2) is 0 Å². The summed E-state index contributed by atoms with van der Waals surface area (Å²) >= 11 is 1.55. The minimum absolute atomic E-state index is 0.0286. The second kappa shape index (κ2) is 7.15. The number of carbonyl (C=O) groups is 1. The van der Waals surface area contributed by atoms with Gasteiger partial charge in [-0.15, -0.1) is 11.3 Å². The molecule has 1 aliphatic rings. The van der Waals surface area contributed by atoms with Crippen LogP contribution >= 0.6 is 11.3 Å². The number of thiophene rings is 1. The van der Waals surface area contributed by atoms with Crippen LogP contribution in [0.4, 0.5) is 0 Å². The van der Waals surface area contributed by atoms with Crippen LogP contribution in [0.15, 0.2) is 36.4 Å². The molecule has 0 unspecified atom stereocenters. The van der Waals surface area contributed by atoms with E-state index in [1.165, 1.54) is 0 Å². The lowest BCUT2D eigenvalue weighted by Crippen LogP contribution is -2.46. The molecule has 5 heteroatoms. The Morgan fingerprint density at radius 2 is 2.26 bits per heavy atom. The van der Waals surface area contributed by atoms with Gasteiger partial charge >= 0.3 is 0 Å². The Labute approximate surface area is 140 Å². The molecule has 0 aliphatic carbocycles. The molecule has 0 N–H and O–H groups in total. The summed E-state index contributed by atoms with van der Waals surface area (Å²) in [7, 11) is 1.67. The highest BCUT2D eigenvalue weighted by molar-refractivity contribution is 7.13. The maximum Gasteiger partial charge on any atom is 0.264 e. The Morgan fingerprint density at radius 3 is 3.00 bits per heavy atom. The molecule has 1 saturated heterocycles. The molecule has 1 atom stereocenters. The molecule has 4 nitrogen and oxygen atoms in total. The molecule has 3 rings (SSSR count). The fourth-order valence-corrected chi connectivity index (χ4v) is 3.63. The number of amides is 1. The van der Waals surface area contributed by atoms with Crippen molar-refractivity contribution in [1.29, 1.82) is 0 Å². The van der Waals surface area contributed by atoms with E-state index in [0.717, 1.165) is 27.5 Å². The molecular formula is C18H21NO3S. The van der Waals surface area contributed by atoms with Gasteiger partial charge in [0, 0.05) is 24.4 Å². The first kappa shape index (κ1) is 16.0. The summed E-state index contributed by atoms with van der Waals surface area (Å²) in [6, 6.07) is 11.9. The smallest absolute Gasteiger partial charge is 0.264 e. The molecule has 1 aromatic heterocycles. The topological polar surface area (TPSA) is 38.8 Å². The zero-order valence-corrected chi connectivity index (χ0v) is 14.3. The van der Waals surface area contributed by atoms with Crippen LogP contribution in [0, 0.1) is 6.92 Å². The van der Waals surface area contributed by atoms with Crippen LogP contribution < -0.4 is 4.74 Å². The van der Waals surface area contributed by atoms with Gasteiger partial charge in [0.2, 0.25) is 0 Å². The van der Waals surface area contributed by atoms with Gasteiger partial charge in [-0.2, -0.15) is 0 Å². The molecule has 1 aromatic carbocycles. The van der Waals surface area contributed by atoms with Crippen molar-refractivity contribution < 1.29 is 14.3 Å². The van der Waals surface area contributed by atoms with Gasteiger partial charge in [-0.05, 0) is 36.8 Å². The average Bonchev–Trinajstić information content (AvgIpc) is 3.01. The Hall–Kier alpha value is -1.85. The summed E-state index contributed by atoms with van der Waals surface area (Å²) in [5.74, 6) is 0.961. The standard InChI is InChI=1S/C18H21NO3S/c1-13-6-7-17(23-13)18(20)19-8-9-22-16(12-19)11-14-4-3-5-15(10-14)21-2/h3-7,10,16H,8-9,11-12H2,1-2H3/t16-/m1/s1. The molecular weight excluding hydrogens is 310 g/mol. The highest BCUT2D eigenvalue weighted by Gasteiger charge is 2.26. The summed E-state index contributed by atoms with van der Waals surface area (Å²) in [6.07, 6.45) is 0.811. The normalized spacial score (nSPS) is 18.0. The van der Waals surface area contributed by atoms with Gasteiger partial charge in [-0.3, -0.25) is 4.79 Å². The zero-order valence-electron chi connectivity index (χ0n) is 13.5. The van der Waals surface area contributed by atoms with Crippen molar-refractivity contribution in [2.75, 3.05) is 26.8 Å². The monoisotopic (exact) mass is 331 g/mol. The Bertz CT molecular complexity index is 682. The van der Waals surface area contributed by atoms with Crippen molar-refractivity contribution in [2.24, 2.45) is 0 Å². The predicted molar refractivity (Wildman–Crippen MR) is 91.4 cm³/mol. The third-order valence-electron chi connectivity index (χ3n) is 3.97. The second-order valence-electron chi connectivity index (χ2n) is 5.71. The number of morpholine rings is 1. The molecule has 1 fully saturated rings. The molecule has 0 radical (unpaired) electrons. The molecule has 0 saturated carbocycles. The van der Waals surface area contributed by atoms with E-state index in [0.29, 0.717) is 19.7 Å². The van der Waals surface area contributed by atoms with Crippen LogP contribution in [0.3, 0.4) is 0 Å². The first-order valence-corrected chi connectivity index (χ1v) is 8.57. The van der Waals surface area contributed by atoms with Gasteiger partial charge in [0.25, 0.3) is 5.91 Å². The van der Waals surface area contributed by atoms with E-state index in [4.69, 9.17) is 9.47 Å². The molecule has 23 heavy (non-hydrogen) atoms. The first-order chi connectivity index (χ1) is 11.2. The van der Waals surface area contributed by atoms with Crippen LogP contribution in [-0.2, 0) is 11.2 Å². The SMILES string of the molecule is COc1cccc(C[C@@H]2CN(C(=O)c3ccc(C)s3)CCO2)c1. The van der Waals surface area contributed by atoms with Gasteiger partial charge < -0.3 is 14.4 Å². The largest absolute Gasteiger partial charge is 0.497 e. The van der Waals surface area contributed by atoms with Crippen LogP contribution in [0.2, 0.25) is 0 Å². The minimum atomic E-state index is 0.0286. The Morgan fingerprint density at radius 1 is 1.39 bits per heavy atom. The fourth-order valence-electron chi connectivity index (χ4n) is 2.79. The quantitative estimate of drug-likeness (QED) is 0.864. The van der Waals surface area contributed by atoms with Crippen molar-refractivity contribution >= 4 is 17.2 Å². The maximum absolute atomic E-state index is 12.6. The number of ether oxygens (including phenoxy) is 2. The molecule has 2 aromatic rings. The first-order valence-electron chi connectivity index (χ1n) is 7.76. The van der Waals surface area contributed by atoms with E-state index in [9.17, 15) is 4.79 Å². The molecule has 0 bridgehead atoms. The molecule has 0 spiro atoms. The number of benzene rings is 1. The third kappa shape index (κ3) is 3.92. The summed E-state index contributed by atoms with van der Waals surface area (Å²) in [5, 5.41) is 0. The maximum atomic E-state index is 12.6. The van der Waals surface area contributed by atoms with Crippen LogP contribution in [0.25, 0.3) is 0 Å². The van der Waals surface area contributed by atoms with E-state index in [1.807, 2.05) is 42.2 Å². The minimum Gasteiger partial charge on any atom is -0.497 e. The number of hydrogen-bond acceptors (Lipinski definition) is 4. The van der Waals surface area contributed by atoms with Crippen molar-refractivity contribution in [3.63, 3.8) is 0 Å². The van der Waals surface area contributed by atoms with Gasteiger partial charge in [-0.1, -0.05) is 12.1 Å². The van der Waals surface area contributed by atoms with E-state index in [1.54, 1.807) is 18.4 Å². The highest BCUT2D eigenvalue weighted by Crippen LogP contribution is 2.21. The summed E-state index contributed by atoms with van der Waals surface area (Å²) in [5.41, 5.74) is 1.16. The third-order valence-corrected chi connectivity index (χ3v) is 4.96. The lowest BCUT2D eigenvalue weighted by atomic mass is 10.1. The number of nitrogens with zero attached hydrogens (tertiary/aromatic N) is 1. The lowest BCUT2D eigenvalue weighted by molar-refractivity contribution is -0.0206. The summed E-state index contributed by atoms with van der Waals surface area (Å²) in [4.78, 5) is 16.4. The molecule has 2 heterocycles. The van der Waals surface area contributed by atoms with Crippen LogP contribution in [0.1, 0.15) is 20.1 Å². The van der Waals surface area contributed by atoms with E-state index >= 15 is 0 Å². The Balaban J connectivity index is 1.64. The van der Waals surface area contributed by atoms with Crippen LogP contribution in [0.5, 0.6) is 5.75 Å². The number of rotatable bonds is 4. The average molecular weight is 331 g/mol. The number of carbonyl (C=O) groups excluding carboxylic acids is 1. The Kier molecular flexibility index (Phi) is 4.98. The fraction of sp³-hybridized carbons (Fsp3) is 0.389. The van der Waals surface area contributed by atoms with Crippen molar-refractivity contribution in [3.8, 4) is 5.75 Å². The summed E-state index contributed by atoms with van der Waals surface area (Å²) < 4.78 is 11.1. The zero-order chi connectivity index (χ0) is 16.2. The van der Waals surface area contributed by atoms with Crippen molar-refractivity contribution in [1.82, 2.24) is 4.90 Å². The van der Waals surface area contributed by atoms with Crippen LogP contribution in [-0.4, -0.2) is 43.7 Å². The van der Waals surface area contributed by atoms with Gasteiger partial charge in [0.15, 0.2) is 0 Å². The second-order valence-corrected chi connectivity index (χ2v) is 7.00. The van der Waals surface area contributed by atoms with E-state index in [-0.39, 0.29) is 12.0 Å². The van der Waals surface area contributed by atoms with Crippen molar-refractivity contribution in [2.45, 2.75) is 19.4 Å². The number of methoxy groups -OCH3 is 1. The molecule has 122 valence electrons. The van der Waals surface area contributed by atoms with E-state index in [2.05, 4.69) is 6.07 Å². The molecule has 1 amide bonds. The van der Waals surface area contributed by atoms with Crippen molar-refractivity contribution in [3.05, 3.63) is 51.7 Å². The number of aryl methyl sites for hydroxylation is 1. The van der Waals surface area contributed by atoms with E-state index < -0.39 is 0 Å². The highest BCUT2D eigenvalue weighted by atomic mass is 32.1. The lowest BCUT2D eigenvalue weighted by Gasteiger charge is -2.33. The van der Waals surface area contributed by atoms with Gasteiger partial charge in [0.1, 0.15) is 5.75 Å². The molecule has 1 aliphatic heterocycles. The predicted octanol–water partition coefficient (Wildman–Crippen LogP) is 3.15. The summed E-state index contributed by atoms with van der Waals surface area (Å²) in [6.45, 7) is 3.90. The van der Waals surface area contributed by atoms with Gasteiger partial charge in [0.05, 0.1) is 24.7 Å².